The van der Waals surface area contributed by atoms with Gasteiger partial charge in [0.25, 0.3) is 0 Å². The van der Waals surface area contributed by atoms with Gasteiger partial charge in [0.1, 0.15) is 54.9 Å². The molecule has 2 fully saturated rings. The number of rotatable bonds is 43. The second-order valence-corrected chi connectivity index (χ2v) is 29.4. The van der Waals surface area contributed by atoms with E-state index in [1.807, 2.05) is 182 Å². The van der Waals surface area contributed by atoms with E-state index < -0.39 is 79.0 Å². The van der Waals surface area contributed by atoms with Gasteiger partial charge in [-0.1, -0.05) is 279 Å². The van der Waals surface area contributed by atoms with E-state index in [4.69, 9.17) is 47.4 Å². The van der Waals surface area contributed by atoms with Crippen molar-refractivity contribution in [3.05, 3.63) is 381 Å². The lowest BCUT2D eigenvalue weighted by Gasteiger charge is -2.49. The SMILES string of the molecule is C=CCOCCCCc1ccc(Cc2cc([C@@H]3O[C@H](C(O)C(C[C@H]4O[C@@H](c5ccc(C)c(Cc6ccc(CCCCOCC=C)cc6)c5)[C@H](OCc5ccccc5)[C@H](OCc5ccccc5)[C@@H]4OCc4ccccc4)C(=O)O)[C@H](OCc4ccccc4)[C@H](OCc4ccccc4)[C@H]3OCc3ccccc3)ccc2C)cc1. The van der Waals surface area contributed by atoms with Crippen LogP contribution in [0.15, 0.2) is 292 Å². The molecule has 0 aromatic heterocycles. The number of hydrogen-bond acceptors (Lipinski definition) is 12. The zero-order valence-electron chi connectivity index (χ0n) is 64.2. The molecule has 10 aromatic rings. The first-order chi connectivity index (χ1) is 54.5. The van der Waals surface area contributed by atoms with Gasteiger partial charge >= 0.3 is 5.97 Å². The summed E-state index contributed by atoms with van der Waals surface area (Å²) in [6.07, 6.45) is -1.30. The van der Waals surface area contributed by atoms with Crippen LogP contribution in [0.3, 0.4) is 0 Å². The number of ether oxygens (including phenoxy) is 10. The van der Waals surface area contributed by atoms with Crippen molar-refractivity contribution in [3.8, 4) is 0 Å². The van der Waals surface area contributed by atoms with E-state index in [0.29, 0.717) is 39.3 Å². The first-order valence-corrected chi connectivity index (χ1v) is 39.4. The number of aliphatic hydroxyl groups excluding tert-OH is 1. The van der Waals surface area contributed by atoms with Gasteiger partial charge in [0.05, 0.1) is 71.0 Å². The van der Waals surface area contributed by atoms with E-state index in [-0.39, 0.29) is 46.1 Å². The third-order valence-corrected chi connectivity index (χ3v) is 21.2. The number of carboxylic acid groups (broad SMARTS) is 1. The molecular weight excluding hydrogens is 1390 g/mol. The van der Waals surface area contributed by atoms with Crippen molar-refractivity contribution in [1.82, 2.24) is 0 Å². The van der Waals surface area contributed by atoms with Gasteiger partial charge in [-0.05, 0) is 161 Å². The van der Waals surface area contributed by atoms with Gasteiger partial charge in [-0.15, -0.1) is 13.2 Å². The molecule has 2 unspecified atom stereocenters. The van der Waals surface area contributed by atoms with Gasteiger partial charge in [0.2, 0.25) is 0 Å². The van der Waals surface area contributed by atoms with Crippen LogP contribution in [0.25, 0.3) is 0 Å². The molecule has 2 aliphatic rings. The first-order valence-electron chi connectivity index (χ1n) is 39.4. The lowest BCUT2D eigenvalue weighted by atomic mass is 9.80. The van der Waals surface area contributed by atoms with Gasteiger partial charge in [0.15, 0.2) is 0 Å². The Hall–Kier alpha value is -9.29. The number of aryl methyl sites for hydroxylation is 4. The lowest BCUT2D eigenvalue weighted by molar-refractivity contribution is -0.290. The summed E-state index contributed by atoms with van der Waals surface area (Å²) < 4.78 is 70.3. The first kappa shape index (κ1) is 81.2. The van der Waals surface area contributed by atoms with Crippen LogP contribution < -0.4 is 0 Å². The van der Waals surface area contributed by atoms with Crippen molar-refractivity contribution in [1.29, 1.82) is 0 Å². The van der Waals surface area contributed by atoms with Crippen molar-refractivity contribution < 1.29 is 62.4 Å². The standard InChI is InChI=1S/C98H108O13/c1-5-55-102-57-27-25-29-72-45-49-74(50-46-72)59-84-61-82(53-43-70(84)3)89-93(105-65-77-33-15-8-16-34-77)95(107-67-79-37-19-10-20-38-79)91(104-64-76-31-13-7-14-32-76)87(110-89)63-86(98(100)101)88(99)92-96(108-68-80-39-21-11-22-40-80)97(109-69-81-41-23-12-24-42-81)94(106-66-78-35-17-9-18-36-78)90(111-92)83-54-44-71(4)85(62-83)60-75-51-47-73(48-52-75)30-26-28-58-103-56-6-2/h5-24,31-54,61-62,86-97,99H,1-2,25-30,55-60,63-69H2,3-4H3,(H,100,101)/t86?,87-,88?,89+,90+,91-,92-,93+,94+,95-,96+,97-/m1/s1. The molecule has 578 valence electrons. The molecule has 10 aromatic carbocycles. The molecule has 0 amide bonds. The molecule has 0 spiro atoms. The topological polar surface area (TPSA) is 150 Å². The molecule has 2 heterocycles. The molecule has 13 nitrogen and oxygen atoms in total. The van der Waals surface area contributed by atoms with E-state index in [0.717, 1.165) is 116 Å². The smallest absolute Gasteiger partial charge is 0.309 e. The molecule has 2 aliphatic heterocycles. The Bertz CT molecular complexity index is 4380. The molecule has 0 saturated carbocycles. The van der Waals surface area contributed by atoms with E-state index in [9.17, 15) is 10.2 Å². The highest BCUT2D eigenvalue weighted by Gasteiger charge is 2.56. The second kappa shape index (κ2) is 42.9. The minimum absolute atomic E-state index is 0.0688. The predicted octanol–water partition coefficient (Wildman–Crippen LogP) is 19.1. The molecule has 12 atom stereocenters. The number of benzene rings is 10. The monoisotopic (exact) mass is 1490 g/mol. The molecule has 12 rings (SSSR count). The summed E-state index contributed by atoms with van der Waals surface area (Å²) in [5.74, 6) is -2.87. The van der Waals surface area contributed by atoms with E-state index in [1.54, 1.807) is 12.2 Å². The minimum Gasteiger partial charge on any atom is -0.481 e. The van der Waals surface area contributed by atoms with Crippen LogP contribution in [0.5, 0.6) is 0 Å². The molecule has 0 aliphatic carbocycles. The Labute approximate surface area is 656 Å². The quantitative estimate of drug-likeness (QED) is 0.0276. The normalized spacial score (nSPS) is 20.3. The number of carboxylic acids is 1. The average molecular weight is 1490 g/mol. The number of aliphatic hydroxyl groups is 1. The molecule has 13 heteroatoms. The van der Waals surface area contributed by atoms with Crippen LogP contribution in [0.2, 0.25) is 0 Å². The predicted molar refractivity (Wildman–Crippen MR) is 436 cm³/mol. The fourth-order valence-corrected chi connectivity index (χ4v) is 15.0. The average Bonchev–Trinajstić information content (AvgIpc) is 0.761. The Balaban J connectivity index is 0.944. The van der Waals surface area contributed by atoms with Crippen LogP contribution >= 0.6 is 0 Å². The third kappa shape index (κ3) is 23.9. The van der Waals surface area contributed by atoms with Crippen molar-refractivity contribution in [2.75, 3.05) is 26.4 Å². The van der Waals surface area contributed by atoms with Crippen LogP contribution in [0, 0.1) is 19.8 Å². The van der Waals surface area contributed by atoms with Crippen molar-refractivity contribution in [2.45, 2.75) is 178 Å². The van der Waals surface area contributed by atoms with E-state index in [1.165, 1.54) is 11.1 Å². The third-order valence-electron chi connectivity index (χ3n) is 21.2. The molecular formula is C98H108O13. The summed E-state index contributed by atoms with van der Waals surface area (Å²) in [6, 6.07) is 90.1. The van der Waals surface area contributed by atoms with Gasteiger partial charge in [-0.2, -0.15) is 0 Å². The van der Waals surface area contributed by atoms with Crippen molar-refractivity contribution >= 4 is 5.97 Å². The van der Waals surface area contributed by atoms with Crippen LogP contribution in [0.1, 0.15) is 133 Å². The van der Waals surface area contributed by atoms with E-state index >= 15 is 4.79 Å². The summed E-state index contributed by atoms with van der Waals surface area (Å²) in [6.45, 7) is 15.2. The Morgan fingerprint density at radius 2 is 0.712 bits per heavy atom. The summed E-state index contributed by atoms with van der Waals surface area (Å²) in [5.41, 5.74) is 16.2. The Morgan fingerprint density at radius 3 is 1.07 bits per heavy atom. The molecule has 111 heavy (non-hydrogen) atoms. The summed E-state index contributed by atoms with van der Waals surface area (Å²) in [7, 11) is 0. The fourth-order valence-electron chi connectivity index (χ4n) is 15.0. The van der Waals surface area contributed by atoms with Crippen molar-refractivity contribution in [3.63, 3.8) is 0 Å². The molecule has 2 N–H and O–H groups in total. The summed E-state index contributed by atoms with van der Waals surface area (Å²) in [5, 5.41) is 26.2. The molecule has 2 saturated heterocycles. The number of unbranched alkanes of at least 4 members (excludes halogenated alkanes) is 2. The summed E-state index contributed by atoms with van der Waals surface area (Å²) >= 11 is 0. The zero-order chi connectivity index (χ0) is 76.8. The van der Waals surface area contributed by atoms with Crippen LogP contribution in [-0.4, -0.2) is 97.5 Å². The fraction of sp³-hybridized carbons (Fsp3) is 0.337. The second-order valence-electron chi connectivity index (χ2n) is 29.4. The lowest BCUT2D eigenvalue weighted by Crippen LogP contribution is -2.62. The highest BCUT2D eigenvalue weighted by atomic mass is 16.6. The minimum atomic E-state index is -1.78. The zero-order valence-corrected chi connectivity index (χ0v) is 64.2. The van der Waals surface area contributed by atoms with Gasteiger partial charge in [0, 0.05) is 13.2 Å². The largest absolute Gasteiger partial charge is 0.481 e. The maximum Gasteiger partial charge on any atom is 0.309 e. The van der Waals surface area contributed by atoms with Gasteiger partial charge in [-0.25, -0.2) is 0 Å². The maximum absolute atomic E-state index is 15.0. The highest BCUT2D eigenvalue weighted by Crippen LogP contribution is 2.45. The summed E-state index contributed by atoms with van der Waals surface area (Å²) in [4.78, 5) is 15.0. The highest BCUT2D eigenvalue weighted by molar-refractivity contribution is 5.71. The van der Waals surface area contributed by atoms with Gasteiger partial charge in [-0.3, -0.25) is 4.79 Å². The van der Waals surface area contributed by atoms with Crippen LogP contribution in [-0.2, 0) is 117 Å². The van der Waals surface area contributed by atoms with E-state index in [2.05, 4.69) is 112 Å². The Kier molecular flexibility index (Phi) is 31.4. The Morgan fingerprint density at radius 1 is 0.387 bits per heavy atom. The van der Waals surface area contributed by atoms with Crippen molar-refractivity contribution in [2.24, 2.45) is 5.92 Å². The molecule has 0 bridgehead atoms. The van der Waals surface area contributed by atoms with Gasteiger partial charge < -0.3 is 57.6 Å². The maximum atomic E-state index is 15.0. The number of aliphatic carboxylic acids is 1. The molecule has 0 radical (unpaired) electrons. The number of carbonyl (C=O) groups is 1. The number of hydrogen-bond donors (Lipinski definition) is 2. The van der Waals surface area contributed by atoms with Crippen LogP contribution in [0.4, 0.5) is 0 Å².